The van der Waals surface area contributed by atoms with Crippen LogP contribution in [0.5, 0.6) is 0 Å². The summed E-state index contributed by atoms with van der Waals surface area (Å²) in [7, 11) is 0. The van der Waals surface area contributed by atoms with Crippen LogP contribution in [0.1, 0.15) is 102 Å². The number of aryl methyl sites for hydroxylation is 1. The Morgan fingerprint density at radius 1 is 0.700 bits per heavy atom. The Morgan fingerprint density at radius 2 is 1.30 bits per heavy atom. The standard InChI is InChI=1S/C28H42N2/c1-21-13-9-12-20-26(21)29-22(2)27(23-14-5-3-6-15-23)30(25-18-7-4-8-19-25)28(29)24-16-10-11-17-24/h9,12-13,20,23-25,28H,3-8,10-11,14-19H2,1-2H3. The van der Waals surface area contributed by atoms with Crippen molar-refractivity contribution in [2.24, 2.45) is 11.8 Å². The average molecular weight is 407 g/mol. The van der Waals surface area contributed by atoms with Gasteiger partial charge < -0.3 is 9.80 Å². The zero-order valence-electron chi connectivity index (χ0n) is 19.4. The molecule has 0 bridgehead atoms. The van der Waals surface area contributed by atoms with Gasteiger partial charge in [0.05, 0.1) is 0 Å². The fourth-order valence-electron chi connectivity index (χ4n) is 7.28. The van der Waals surface area contributed by atoms with E-state index in [0.717, 1.165) is 17.9 Å². The Balaban J connectivity index is 1.61. The molecule has 3 saturated carbocycles. The van der Waals surface area contributed by atoms with Crippen molar-refractivity contribution in [3.05, 3.63) is 41.2 Å². The Labute approximate surface area is 184 Å². The van der Waals surface area contributed by atoms with Crippen LogP contribution in [0, 0.1) is 18.8 Å². The molecule has 164 valence electrons. The molecule has 1 heterocycles. The molecule has 1 unspecified atom stereocenters. The van der Waals surface area contributed by atoms with E-state index in [2.05, 4.69) is 47.9 Å². The first kappa shape index (κ1) is 20.5. The number of para-hydroxylation sites is 1. The number of benzene rings is 1. The summed E-state index contributed by atoms with van der Waals surface area (Å²) in [5.41, 5.74) is 6.27. The van der Waals surface area contributed by atoms with Gasteiger partial charge in [0.1, 0.15) is 6.17 Å². The van der Waals surface area contributed by atoms with Gasteiger partial charge in [-0.25, -0.2) is 0 Å². The SMILES string of the molecule is CC1=C(C2CCCCC2)N(C2CCCCC2)C(C2CCCC2)N1c1ccccc1C. The summed E-state index contributed by atoms with van der Waals surface area (Å²) in [6, 6.07) is 9.94. The number of rotatable bonds is 4. The molecule has 30 heavy (non-hydrogen) atoms. The monoisotopic (exact) mass is 406 g/mol. The van der Waals surface area contributed by atoms with Gasteiger partial charge in [0.15, 0.2) is 0 Å². The topological polar surface area (TPSA) is 6.48 Å². The molecule has 0 amide bonds. The van der Waals surface area contributed by atoms with Crippen molar-refractivity contribution in [2.75, 3.05) is 4.90 Å². The molecular weight excluding hydrogens is 364 g/mol. The smallest absolute Gasteiger partial charge is 0.109 e. The van der Waals surface area contributed by atoms with E-state index in [9.17, 15) is 0 Å². The van der Waals surface area contributed by atoms with E-state index in [1.165, 1.54) is 101 Å². The van der Waals surface area contributed by atoms with Crippen molar-refractivity contribution < 1.29 is 0 Å². The highest BCUT2D eigenvalue weighted by molar-refractivity contribution is 5.61. The van der Waals surface area contributed by atoms with E-state index in [1.807, 2.05) is 0 Å². The number of allylic oxidation sites excluding steroid dienone is 2. The van der Waals surface area contributed by atoms with Crippen LogP contribution in [-0.4, -0.2) is 17.1 Å². The Morgan fingerprint density at radius 3 is 1.97 bits per heavy atom. The first-order valence-corrected chi connectivity index (χ1v) is 13.1. The van der Waals surface area contributed by atoms with Gasteiger partial charge in [-0.1, -0.05) is 69.6 Å². The fourth-order valence-corrected chi connectivity index (χ4v) is 7.28. The summed E-state index contributed by atoms with van der Waals surface area (Å²) < 4.78 is 0. The van der Waals surface area contributed by atoms with Gasteiger partial charge in [0.25, 0.3) is 0 Å². The molecule has 3 aliphatic carbocycles. The van der Waals surface area contributed by atoms with Crippen molar-refractivity contribution in [3.63, 3.8) is 0 Å². The van der Waals surface area contributed by atoms with Crippen LogP contribution in [0.4, 0.5) is 5.69 Å². The summed E-state index contributed by atoms with van der Waals surface area (Å²) in [5.74, 6) is 1.61. The molecule has 0 aromatic heterocycles. The number of hydrogen-bond donors (Lipinski definition) is 0. The van der Waals surface area contributed by atoms with Crippen LogP contribution < -0.4 is 4.90 Å². The van der Waals surface area contributed by atoms with Gasteiger partial charge >= 0.3 is 0 Å². The molecule has 1 atom stereocenters. The molecule has 3 fully saturated rings. The average Bonchev–Trinajstić information content (AvgIpc) is 3.41. The van der Waals surface area contributed by atoms with E-state index < -0.39 is 0 Å². The van der Waals surface area contributed by atoms with Crippen molar-refractivity contribution >= 4 is 5.69 Å². The van der Waals surface area contributed by atoms with Crippen LogP contribution in [0.15, 0.2) is 35.7 Å². The van der Waals surface area contributed by atoms with Gasteiger partial charge in [-0.15, -0.1) is 0 Å². The second-order valence-electron chi connectivity index (χ2n) is 10.6. The lowest BCUT2D eigenvalue weighted by Crippen LogP contribution is -2.51. The van der Waals surface area contributed by atoms with Crippen LogP contribution in [0.3, 0.4) is 0 Å². The molecule has 1 aromatic rings. The summed E-state index contributed by atoms with van der Waals surface area (Å²) in [5, 5.41) is 0. The lowest BCUT2D eigenvalue weighted by molar-refractivity contribution is 0.107. The van der Waals surface area contributed by atoms with E-state index in [1.54, 1.807) is 11.4 Å². The maximum atomic E-state index is 3.05. The highest BCUT2D eigenvalue weighted by Gasteiger charge is 2.47. The van der Waals surface area contributed by atoms with Crippen LogP contribution in [-0.2, 0) is 0 Å². The number of nitrogens with zero attached hydrogens (tertiary/aromatic N) is 2. The molecule has 2 nitrogen and oxygen atoms in total. The Kier molecular flexibility index (Phi) is 6.12. The van der Waals surface area contributed by atoms with E-state index >= 15 is 0 Å². The number of anilines is 1. The molecule has 1 aliphatic heterocycles. The summed E-state index contributed by atoms with van der Waals surface area (Å²) in [6.07, 6.45) is 20.5. The minimum Gasteiger partial charge on any atom is -0.349 e. The fraction of sp³-hybridized carbons (Fsp3) is 0.714. The quantitative estimate of drug-likeness (QED) is 0.503. The van der Waals surface area contributed by atoms with E-state index in [-0.39, 0.29) is 0 Å². The van der Waals surface area contributed by atoms with Crippen LogP contribution >= 0.6 is 0 Å². The molecular formula is C28H42N2. The molecule has 4 aliphatic rings. The highest BCUT2D eigenvalue weighted by Crippen LogP contribution is 2.49. The molecule has 1 aromatic carbocycles. The van der Waals surface area contributed by atoms with Crippen LogP contribution in [0.25, 0.3) is 0 Å². The second-order valence-corrected chi connectivity index (χ2v) is 10.6. The molecule has 0 N–H and O–H groups in total. The zero-order chi connectivity index (χ0) is 20.5. The minimum atomic E-state index is 0.564. The van der Waals surface area contributed by atoms with E-state index in [0.29, 0.717) is 6.17 Å². The zero-order valence-corrected chi connectivity index (χ0v) is 19.4. The Bertz CT molecular complexity index is 748. The predicted octanol–water partition coefficient (Wildman–Crippen LogP) is 7.78. The van der Waals surface area contributed by atoms with Gasteiger partial charge in [-0.3, -0.25) is 0 Å². The van der Waals surface area contributed by atoms with Gasteiger partial charge in [-0.05, 0) is 69.9 Å². The second kappa shape index (κ2) is 8.97. The van der Waals surface area contributed by atoms with Crippen molar-refractivity contribution in [2.45, 2.75) is 116 Å². The van der Waals surface area contributed by atoms with Gasteiger partial charge in [-0.2, -0.15) is 0 Å². The van der Waals surface area contributed by atoms with E-state index in [4.69, 9.17) is 0 Å². The molecule has 0 spiro atoms. The largest absolute Gasteiger partial charge is 0.349 e. The summed E-state index contributed by atoms with van der Waals surface area (Å²) in [6.45, 7) is 4.79. The summed E-state index contributed by atoms with van der Waals surface area (Å²) >= 11 is 0. The highest BCUT2D eigenvalue weighted by atomic mass is 15.4. The maximum absolute atomic E-state index is 3.05. The van der Waals surface area contributed by atoms with Gasteiger partial charge in [0.2, 0.25) is 0 Å². The molecule has 0 radical (unpaired) electrons. The molecule has 5 rings (SSSR count). The van der Waals surface area contributed by atoms with Crippen molar-refractivity contribution in [1.29, 1.82) is 0 Å². The van der Waals surface area contributed by atoms with Crippen molar-refractivity contribution in [3.8, 4) is 0 Å². The normalized spacial score (nSPS) is 27.5. The maximum Gasteiger partial charge on any atom is 0.109 e. The molecule has 0 saturated heterocycles. The first-order chi connectivity index (χ1) is 14.8. The first-order valence-electron chi connectivity index (χ1n) is 13.1. The third-order valence-electron chi connectivity index (χ3n) is 8.72. The lowest BCUT2D eigenvalue weighted by atomic mass is 9.84. The summed E-state index contributed by atoms with van der Waals surface area (Å²) in [4.78, 5) is 5.87. The molecule has 2 heteroatoms. The lowest BCUT2D eigenvalue weighted by Gasteiger charge is -2.45. The van der Waals surface area contributed by atoms with Crippen molar-refractivity contribution in [1.82, 2.24) is 4.90 Å². The number of hydrogen-bond acceptors (Lipinski definition) is 2. The predicted molar refractivity (Wildman–Crippen MR) is 127 cm³/mol. The third kappa shape index (κ3) is 3.69. The minimum absolute atomic E-state index is 0.564. The Hall–Kier alpha value is -1.44. The van der Waals surface area contributed by atoms with Gasteiger partial charge in [0, 0.05) is 29.0 Å². The van der Waals surface area contributed by atoms with Crippen LogP contribution in [0.2, 0.25) is 0 Å². The third-order valence-corrected chi connectivity index (χ3v) is 8.72.